The summed E-state index contributed by atoms with van der Waals surface area (Å²) in [6.45, 7) is 12.6. The number of hydrogen-bond acceptors (Lipinski definition) is 4. The van der Waals surface area contributed by atoms with Gasteiger partial charge in [0.25, 0.3) is 0 Å². The van der Waals surface area contributed by atoms with E-state index < -0.39 is 5.60 Å². The van der Waals surface area contributed by atoms with Crippen molar-refractivity contribution < 1.29 is 14.3 Å². The molecule has 2 rings (SSSR count). The van der Waals surface area contributed by atoms with E-state index in [2.05, 4.69) is 23.7 Å². The molecule has 0 bridgehead atoms. The van der Waals surface area contributed by atoms with E-state index in [4.69, 9.17) is 9.47 Å². The van der Waals surface area contributed by atoms with Crippen molar-refractivity contribution in [2.75, 3.05) is 26.3 Å². The van der Waals surface area contributed by atoms with E-state index in [0.29, 0.717) is 25.0 Å². The second-order valence-corrected chi connectivity index (χ2v) is 7.19. The van der Waals surface area contributed by atoms with Gasteiger partial charge in [0, 0.05) is 25.6 Å². The number of ether oxygens (including phenoxy) is 2. The lowest BCUT2D eigenvalue weighted by atomic mass is 9.97. The van der Waals surface area contributed by atoms with Gasteiger partial charge in [0.05, 0.1) is 18.3 Å². The zero-order chi connectivity index (χ0) is 16.9. The van der Waals surface area contributed by atoms with Gasteiger partial charge in [-0.3, -0.25) is 0 Å². The minimum atomic E-state index is -0.443. The Hall–Kier alpha value is -1.67. The molecule has 2 aliphatic rings. The average Bonchev–Trinajstić information content (AvgIpc) is 2.97. The summed E-state index contributed by atoms with van der Waals surface area (Å²) in [4.78, 5) is 13.8. The van der Waals surface area contributed by atoms with Gasteiger partial charge in [0.1, 0.15) is 5.60 Å². The van der Waals surface area contributed by atoms with Gasteiger partial charge in [-0.25, -0.2) is 4.79 Å². The Morgan fingerprint density at radius 3 is 2.57 bits per heavy atom. The second-order valence-electron chi connectivity index (χ2n) is 7.19. The Labute approximate surface area is 139 Å². The van der Waals surface area contributed by atoms with E-state index >= 15 is 0 Å². The molecular weight excluding hydrogens is 292 g/mol. The largest absolute Gasteiger partial charge is 0.444 e. The van der Waals surface area contributed by atoms with Gasteiger partial charge in [-0.1, -0.05) is 12.5 Å². The van der Waals surface area contributed by atoms with E-state index in [0.717, 1.165) is 38.2 Å². The fourth-order valence-electron chi connectivity index (χ4n) is 2.65. The molecule has 0 spiro atoms. The maximum atomic E-state index is 12.0. The van der Waals surface area contributed by atoms with Crippen molar-refractivity contribution in [1.29, 1.82) is 0 Å². The predicted molar refractivity (Wildman–Crippen MR) is 89.8 cm³/mol. The molecule has 0 radical (unpaired) electrons. The van der Waals surface area contributed by atoms with Crippen molar-refractivity contribution in [1.82, 2.24) is 10.2 Å². The monoisotopic (exact) mass is 320 g/mol. The number of piperidine rings is 1. The number of nitrogens with one attached hydrogen (secondary N) is 1. The van der Waals surface area contributed by atoms with Crippen LogP contribution in [0, 0.1) is 17.8 Å². The van der Waals surface area contributed by atoms with Crippen LogP contribution in [0.15, 0.2) is 12.3 Å². The van der Waals surface area contributed by atoms with E-state index in [1.165, 1.54) is 0 Å². The highest BCUT2D eigenvalue weighted by Crippen LogP contribution is 2.19. The summed E-state index contributed by atoms with van der Waals surface area (Å²) < 4.78 is 10.7. The number of amides is 1. The molecule has 2 fully saturated rings. The Morgan fingerprint density at radius 1 is 1.30 bits per heavy atom. The highest BCUT2D eigenvalue weighted by atomic mass is 16.6. The Balaban J connectivity index is 1.73. The van der Waals surface area contributed by atoms with E-state index in [1.54, 1.807) is 4.90 Å². The van der Waals surface area contributed by atoms with Crippen molar-refractivity contribution in [2.24, 2.45) is 5.92 Å². The van der Waals surface area contributed by atoms with Crippen molar-refractivity contribution in [3.05, 3.63) is 12.3 Å². The summed E-state index contributed by atoms with van der Waals surface area (Å²) in [5.41, 5.74) is 0.316. The van der Waals surface area contributed by atoms with Crippen molar-refractivity contribution in [2.45, 2.75) is 51.7 Å². The number of likely N-dealkylation sites (tertiary alicyclic amines) is 1. The van der Waals surface area contributed by atoms with Crippen molar-refractivity contribution in [3.63, 3.8) is 0 Å². The Bertz CT molecular complexity index is 485. The van der Waals surface area contributed by atoms with Crippen LogP contribution in [-0.4, -0.2) is 48.9 Å². The molecule has 23 heavy (non-hydrogen) atoms. The molecule has 128 valence electrons. The number of carbonyl (C=O) groups excluding carboxylic acids is 1. The van der Waals surface area contributed by atoms with Gasteiger partial charge in [0.2, 0.25) is 0 Å². The third kappa shape index (κ3) is 6.15. The number of allylic oxidation sites excluding steroid dienone is 1. The number of rotatable bonds is 2. The lowest BCUT2D eigenvalue weighted by Crippen LogP contribution is -2.41. The van der Waals surface area contributed by atoms with E-state index in [1.807, 2.05) is 20.8 Å². The maximum absolute atomic E-state index is 12.0. The van der Waals surface area contributed by atoms with Gasteiger partial charge >= 0.3 is 6.09 Å². The standard InChI is InChI=1S/C18H28N2O3/c1-14(19-16-9-12-22-13-16)5-6-15-7-10-20(11-8-15)17(21)23-18(2,3)4/h15-16,19H,1,7-13H2,2-4H3/t16-/m0/s1. The molecule has 1 N–H and O–H groups in total. The smallest absolute Gasteiger partial charge is 0.410 e. The third-order valence-electron chi connectivity index (χ3n) is 3.88. The molecule has 0 aromatic heterocycles. The molecule has 1 atom stereocenters. The highest BCUT2D eigenvalue weighted by Gasteiger charge is 2.26. The highest BCUT2D eigenvalue weighted by molar-refractivity contribution is 5.68. The molecule has 0 aromatic rings. The topological polar surface area (TPSA) is 50.8 Å². The summed E-state index contributed by atoms with van der Waals surface area (Å²) in [7, 11) is 0. The summed E-state index contributed by atoms with van der Waals surface area (Å²) in [5, 5.41) is 3.29. The molecule has 0 aromatic carbocycles. The number of hydrogen-bond donors (Lipinski definition) is 1. The molecule has 2 saturated heterocycles. The molecular formula is C18H28N2O3. The van der Waals surface area contributed by atoms with Crippen molar-refractivity contribution >= 4 is 6.09 Å². The van der Waals surface area contributed by atoms with E-state index in [-0.39, 0.29) is 6.09 Å². The number of carbonyl (C=O) groups is 1. The van der Waals surface area contributed by atoms with Crippen LogP contribution in [0.5, 0.6) is 0 Å². The minimum absolute atomic E-state index is 0.226. The SMILES string of the molecule is C=C(C#CC1CCN(C(=O)OC(C)(C)C)CC1)N[C@H]1CCOC1. The molecule has 1 amide bonds. The lowest BCUT2D eigenvalue weighted by molar-refractivity contribution is 0.0199. The van der Waals surface area contributed by atoms with Crippen LogP contribution >= 0.6 is 0 Å². The fourth-order valence-corrected chi connectivity index (χ4v) is 2.65. The first kappa shape index (κ1) is 17.7. The number of nitrogens with zero attached hydrogens (tertiary/aromatic N) is 1. The normalized spacial score (nSPS) is 22.2. The fraction of sp³-hybridized carbons (Fsp3) is 0.722. The predicted octanol–water partition coefficient (Wildman–Crippen LogP) is 2.53. The Morgan fingerprint density at radius 2 is 2.00 bits per heavy atom. The van der Waals surface area contributed by atoms with Crippen LogP contribution in [-0.2, 0) is 9.47 Å². The summed E-state index contributed by atoms with van der Waals surface area (Å²) in [5.74, 6) is 6.70. The lowest BCUT2D eigenvalue weighted by Gasteiger charge is -2.31. The van der Waals surface area contributed by atoms with Gasteiger partial charge in [-0.05, 0) is 46.0 Å². The second kappa shape index (κ2) is 7.74. The van der Waals surface area contributed by atoms with Gasteiger partial charge < -0.3 is 19.7 Å². The van der Waals surface area contributed by atoms with Crippen LogP contribution in [0.2, 0.25) is 0 Å². The summed E-state index contributed by atoms with van der Waals surface area (Å²) >= 11 is 0. The third-order valence-corrected chi connectivity index (χ3v) is 3.88. The molecule has 0 aliphatic carbocycles. The van der Waals surface area contributed by atoms with Crippen LogP contribution in [0.1, 0.15) is 40.0 Å². The van der Waals surface area contributed by atoms with Crippen molar-refractivity contribution in [3.8, 4) is 11.8 Å². The van der Waals surface area contributed by atoms with Crippen LogP contribution in [0.25, 0.3) is 0 Å². The van der Waals surface area contributed by atoms with Gasteiger partial charge in [-0.15, -0.1) is 0 Å². The molecule has 2 heterocycles. The maximum Gasteiger partial charge on any atom is 0.410 e. The Kier molecular flexibility index (Phi) is 5.95. The van der Waals surface area contributed by atoms with Gasteiger partial charge in [0.15, 0.2) is 0 Å². The van der Waals surface area contributed by atoms with Crippen LogP contribution < -0.4 is 5.32 Å². The van der Waals surface area contributed by atoms with Gasteiger partial charge in [-0.2, -0.15) is 0 Å². The molecule has 5 nitrogen and oxygen atoms in total. The van der Waals surface area contributed by atoms with E-state index in [9.17, 15) is 4.79 Å². The first-order chi connectivity index (χ1) is 10.8. The summed E-state index contributed by atoms with van der Waals surface area (Å²) in [6.07, 6.45) is 2.55. The van der Waals surface area contributed by atoms with Crippen LogP contribution in [0.4, 0.5) is 4.79 Å². The van der Waals surface area contributed by atoms with Crippen LogP contribution in [0.3, 0.4) is 0 Å². The molecule has 0 unspecified atom stereocenters. The average molecular weight is 320 g/mol. The molecule has 5 heteroatoms. The minimum Gasteiger partial charge on any atom is -0.444 e. The molecule has 2 aliphatic heterocycles. The first-order valence-corrected chi connectivity index (χ1v) is 8.36. The zero-order valence-electron chi connectivity index (χ0n) is 14.5. The summed E-state index contributed by atoms with van der Waals surface area (Å²) in [6, 6.07) is 0.339. The molecule has 0 saturated carbocycles. The quantitative estimate of drug-likeness (QED) is 0.795. The first-order valence-electron chi connectivity index (χ1n) is 8.36. The zero-order valence-corrected chi connectivity index (χ0v) is 14.5.